The van der Waals surface area contributed by atoms with Crippen molar-refractivity contribution in [3.05, 3.63) is 78.5 Å². The van der Waals surface area contributed by atoms with E-state index in [9.17, 15) is 5.11 Å². The summed E-state index contributed by atoms with van der Waals surface area (Å²) in [5, 5.41) is 12.5. The number of phenolic OH excluding ortho intramolecular Hbond substituents is 1. The molecule has 0 radical (unpaired) electrons. The largest absolute Gasteiger partial charge is 0.506 e. The van der Waals surface area contributed by atoms with E-state index in [4.69, 9.17) is 9.97 Å². The molecule has 0 amide bonds. The van der Waals surface area contributed by atoms with E-state index in [-0.39, 0.29) is 17.2 Å². The van der Waals surface area contributed by atoms with Crippen molar-refractivity contribution < 1.29 is 5.11 Å². The van der Waals surface area contributed by atoms with Crippen LogP contribution in [0.2, 0.25) is 0 Å². The number of pyridine rings is 1. The number of hydrogen-bond acceptors (Lipinski definition) is 3. The van der Waals surface area contributed by atoms with E-state index in [1.165, 1.54) is 10.9 Å². The number of H-pyrrole nitrogens is 1. The van der Waals surface area contributed by atoms with Crippen molar-refractivity contribution in [2.24, 2.45) is 0 Å². The van der Waals surface area contributed by atoms with Crippen molar-refractivity contribution in [2.45, 2.75) is 46.1 Å². The predicted molar refractivity (Wildman–Crippen MR) is 149 cm³/mol. The summed E-state index contributed by atoms with van der Waals surface area (Å²) in [6.07, 6.45) is 2.00. The third kappa shape index (κ3) is 3.46. The van der Waals surface area contributed by atoms with E-state index >= 15 is 0 Å². The number of imidazole rings is 1. The van der Waals surface area contributed by atoms with Crippen LogP contribution in [0.5, 0.6) is 5.75 Å². The highest BCUT2D eigenvalue weighted by Crippen LogP contribution is 2.39. The topological polar surface area (TPSA) is 66.7 Å². The Morgan fingerprint density at radius 2 is 1.64 bits per heavy atom. The van der Waals surface area contributed by atoms with Gasteiger partial charge in [-0.1, -0.05) is 51.1 Å². The van der Waals surface area contributed by atoms with E-state index in [1.54, 1.807) is 6.07 Å². The fourth-order valence-corrected chi connectivity index (χ4v) is 5.10. The lowest BCUT2D eigenvalue weighted by Crippen LogP contribution is -2.11. The molecule has 6 rings (SSSR count). The van der Waals surface area contributed by atoms with Crippen molar-refractivity contribution in [1.82, 2.24) is 19.5 Å². The van der Waals surface area contributed by atoms with Crippen molar-refractivity contribution in [3.63, 3.8) is 0 Å². The minimum absolute atomic E-state index is 0.0110. The van der Waals surface area contributed by atoms with E-state index in [0.717, 1.165) is 44.6 Å². The molecule has 5 nitrogen and oxygen atoms in total. The van der Waals surface area contributed by atoms with Crippen LogP contribution in [0, 0.1) is 0 Å². The maximum atomic E-state index is 10.4. The zero-order valence-electron chi connectivity index (χ0n) is 21.3. The first kappa shape index (κ1) is 22.4. The van der Waals surface area contributed by atoms with E-state index in [2.05, 4.69) is 80.6 Å². The molecule has 0 saturated heterocycles. The van der Waals surface area contributed by atoms with Gasteiger partial charge in [0.25, 0.3) is 0 Å². The van der Waals surface area contributed by atoms with Gasteiger partial charge in [-0.3, -0.25) is 0 Å². The Balaban J connectivity index is 1.65. The minimum atomic E-state index is 0.0110. The Morgan fingerprint density at radius 3 is 2.42 bits per heavy atom. The van der Waals surface area contributed by atoms with Gasteiger partial charge in [0.1, 0.15) is 17.1 Å². The van der Waals surface area contributed by atoms with Gasteiger partial charge in [0, 0.05) is 34.1 Å². The van der Waals surface area contributed by atoms with Crippen molar-refractivity contribution >= 4 is 32.8 Å². The molecular weight excluding hydrogens is 444 g/mol. The molecule has 0 spiro atoms. The Morgan fingerprint density at radius 1 is 0.833 bits per heavy atom. The first-order chi connectivity index (χ1) is 17.2. The first-order valence-corrected chi connectivity index (χ1v) is 12.4. The Kier molecular flexibility index (Phi) is 4.94. The van der Waals surface area contributed by atoms with Gasteiger partial charge in [-0.15, -0.1) is 0 Å². The highest BCUT2D eigenvalue weighted by atomic mass is 16.3. The minimum Gasteiger partial charge on any atom is -0.506 e. The number of phenols is 1. The molecule has 0 aliphatic carbocycles. The standard InChI is InChI=1S/C31H30N4O/c1-18(2)35-25-10-7-9-22(24-13-12-19-8-6-11-26(36)28(19)33-24)29(25)34-30(35)23-17-21(31(3,4)5)16-20-14-15-32-27(20)23/h6-18,32,36H,1-5H3. The summed E-state index contributed by atoms with van der Waals surface area (Å²) in [5.41, 5.74) is 7.80. The molecule has 3 aromatic heterocycles. The van der Waals surface area contributed by atoms with Crippen LogP contribution in [0.3, 0.4) is 0 Å². The molecule has 5 heteroatoms. The van der Waals surface area contributed by atoms with Crippen LogP contribution in [-0.2, 0) is 5.41 Å². The Hall–Kier alpha value is -4.12. The summed E-state index contributed by atoms with van der Waals surface area (Å²) < 4.78 is 2.32. The highest BCUT2D eigenvalue weighted by Gasteiger charge is 2.23. The Bertz CT molecular complexity index is 1770. The smallest absolute Gasteiger partial charge is 0.143 e. The number of aromatic nitrogens is 4. The zero-order chi connectivity index (χ0) is 25.2. The number of hydrogen-bond donors (Lipinski definition) is 2. The zero-order valence-corrected chi connectivity index (χ0v) is 21.3. The molecule has 0 aliphatic rings. The van der Waals surface area contributed by atoms with Crippen molar-refractivity contribution in [3.8, 4) is 28.4 Å². The summed E-state index contributed by atoms with van der Waals surface area (Å²) in [5.74, 6) is 1.12. The van der Waals surface area contributed by atoms with Crippen molar-refractivity contribution in [1.29, 1.82) is 0 Å². The predicted octanol–water partition coefficient (Wildman–Crippen LogP) is 7.98. The summed E-state index contributed by atoms with van der Waals surface area (Å²) in [6, 6.07) is 22.6. The van der Waals surface area contributed by atoms with Gasteiger partial charge in [-0.2, -0.15) is 0 Å². The fourth-order valence-electron chi connectivity index (χ4n) is 5.10. The number of nitrogens with one attached hydrogen (secondary N) is 1. The van der Waals surface area contributed by atoms with Crippen molar-refractivity contribution in [2.75, 3.05) is 0 Å². The van der Waals surface area contributed by atoms with Crippen LogP contribution in [0.1, 0.15) is 46.2 Å². The third-order valence-corrected chi connectivity index (χ3v) is 6.98. The van der Waals surface area contributed by atoms with E-state index in [0.29, 0.717) is 5.52 Å². The summed E-state index contributed by atoms with van der Waals surface area (Å²) >= 11 is 0. The first-order valence-electron chi connectivity index (χ1n) is 12.4. The molecule has 3 aromatic carbocycles. The average molecular weight is 475 g/mol. The van der Waals surface area contributed by atoms with E-state index in [1.807, 2.05) is 30.5 Å². The lowest BCUT2D eigenvalue weighted by atomic mass is 9.85. The van der Waals surface area contributed by atoms with Crippen LogP contribution < -0.4 is 0 Å². The quantitative estimate of drug-likeness (QED) is 0.273. The maximum absolute atomic E-state index is 10.4. The van der Waals surface area contributed by atoms with Crippen LogP contribution in [0.25, 0.3) is 55.5 Å². The number of fused-ring (bicyclic) bond motifs is 3. The maximum Gasteiger partial charge on any atom is 0.143 e. The number of para-hydroxylation sites is 2. The van der Waals surface area contributed by atoms with Crippen LogP contribution >= 0.6 is 0 Å². The lowest BCUT2D eigenvalue weighted by Gasteiger charge is -2.21. The monoisotopic (exact) mass is 474 g/mol. The second kappa shape index (κ2) is 7.95. The third-order valence-electron chi connectivity index (χ3n) is 6.98. The van der Waals surface area contributed by atoms with Gasteiger partial charge >= 0.3 is 0 Å². The number of benzene rings is 3. The van der Waals surface area contributed by atoms with Crippen LogP contribution in [0.4, 0.5) is 0 Å². The molecule has 0 aliphatic heterocycles. The summed E-state index contributed by atoms with van der Waals surface area (Å²) in [4.78, 5) is 13.6. The molecular formula is C31H30N4O. The molecule has 0 fully saturated rings. The molecule has 0 saturated carbocycles. The molecule has 36 heavy (non-hydrogen) atoms. The van der Waals surface area contributed by atoms with Gasteiger partial charge in [-0.25, -0.2) is 9.97 Å². The number of rotatable bonds is 3. The normalized spacial score (nSPS) is 12.4. The van der Waals surface area contributed by atoms with Gasteiger partial charge in [-0.05, 0) is 61.2 Å². The highest BCUT2D eigenvalue weighted by molar-refractivity contribution is 5.99. The SMILES string of the molecule is CC(C)n1c(-c2cc(C(C)(C)C)cc3cc[nH]c23)nc2c(-c3ccc4cccc(O)c4n3)cccc21. The second-order valence-corrected chi connectivity index (χ2v) is 10.8. The molecule has 2 N–H and O–H groups in total. The lowest BCUT2D eigenvalue weighted by molar-refractivity contribution is 0.480. The number of nitrogens with zero attached hydrogens (tertiary/aromatic N) is 3. The molecule has 0 atom stereocenters. The van der Waals surface area contributed by atoms with Gasteiger partial charge in [0.15, 0.2) is 0 Å². The summed E-state index contributed by atoms with van der Waals surface area (Å²) in [6.45, 7) is 11.1. The molecule has 0 unspecified atom stereocenters. The Labute approximate surface area is 210 Å². The number of aromatic amines is 1. The van der Waals surface area contributed by atoms with Gasteiger partial charge < -0.3 is 14.7 Å². The molecule has 6 aromatic rings. The van der Waals surface area contributed by atoms with Crippen LogP contribution in [-0.4, -0.2) is 24.6 Å². The van der Waals surface area contributed by atoms with Gasteiger partial charge in [0.05, 0.1) is 22.2 Å². The fraction of sp³-hybridized carbons (Fsp3) is 0.226. The van der Waals surface area contributed by atoms with E-state index < -0.39 is 0 Å². The molecule has 0 bridgehead atoms. The average Bonchev–Trinajstić information content (AvgIpc) is 3.47. The van der Waals surface area contributed by atoms with Gasteiger partial charge in [0.2, 0.25) is 0 Å². The summed E-state index contributed by atoms with van der Waals surface area (Å²) in [7, 11) is 0. The van der Waals surface area contributed by atoms with Crippen LogP contribution in [0.15, 0.2) is 72.9 Å². The molecule has 180 valence electrons. The second-order valence-electron chi connectivity index (χ2n) is 10.8. The molecule has 3 heterocycles. The number of aromatic hydroxyl groups is 1.